The number of hydrogen-bond donors (Lipinski definition) is 1. The first-order valence-electron chi connectivity index (χ1n) is 8.85. The van der Waals surface area contributed by atoms with E-state index < -0.39 is 5.97 Å². The third kappa shape index (κ3) is 4.53. The van der Waals surface area contributed by atoms with Crippen LogP contribution >= 0.6 is 0 Å². The lowest BCUT2D eigenvalue weighted by molar-refractivity contribution is -0.137. The van der Waals surface area contributed by atoms with Crippen LogP contribution < -0.4 is 0 Å². The Morgan fingerprint density at radius 1 is 1.11 bits per heavy atom. The van der Waals surface area contributed by atoms with Gasteiger partial charge in [0, 0.05) is 24.4 Å². The topological polar surface area (TPSA) is 79.2 Å². The van der Waals surface area contributed by atoms with Gasteiger partial charge in [-0.05, 0) is 29.7 Å². The van der Waals surface area contributed by atoms with Crippen molar-refractivity contribution in [3.05, 3.63) is 60.2 Å². The van der Waals surface area contributed by atoms with Crippen molar-refractivity contribution in [3.8, 4) is 11.1 Å². The number of carbonyl (C=O) groups is 2. The maximum Gasteiger partial charge on any atom is 0.303 e. The van der Waals surface area contributed by atoms with Crippen molar-refractivity contribution in [3.63, 3.8) is 0 Å². The zero-order valence-electron chi connectivity index (χ0n) is 15.2. The van der Waals surface area contributed by atoms with Gasteiger partial charge in [-0.2, -0.15) is 0 Å². The van der Waals surface area contributed by atoms with E-state index in [1.807, 2.05) is 54.6 Å². The molecule has 1 heterocycles. The van der Waals surface area contributed by atoms with Gasteiger partial charge in [0.2, 0.25) is 0 Å². The van der Waals surface area contributed by atoms with E-state index in [-0.39, 0.29) is 18.4 Å². The van der Waals surface area contributed by atoms with Gasteiger partial charge in [0.15, 0.2) is 0 Å². The summed E-state index contributed by atoms with van der Waals surface area (Å²) < 4.78 is 0. The molecule has 0 aliphatic carbocycles. The summed E-state index contributed by atoms with van der Waals surface area (Å²) in [5, 5.41) is 12.9. The summed E-state index contributed by atoms with van der Waals surface area (Å²) in [6.07, 6.45) is 0.947. The number of oxime groups is 1. The molecular formula is C21H22N2O4. The molecule has 27 heavy (non-hydrogen) atoms. The van der Waals surface area contributed by atoms with Gasteiger partial charge < -0.3 is 14.8 Å². The summed E-state index contributed by atoms with van der Waals surface area (Å²) in [6, 6.07) is 17.2. The van der Waals surface area contributed by atoms with Gasteiger partial charge in [0.1, 0.15) is 7.11 Å². The van der Waals surface area contributed by atoms with Crippen LogP contribution in [0.15, 0.2) is 59.8 Å². The highest BCUT2D eigenvalue weighted by Crippen LogP contribution is 2.24. The van der Waals surface area contributed by atoms with Gasteiger partial charge in [-0.25, -0.2) is 0 Å². The number of amides is 1. The quantitative estimate of drug-likeness (QED) is 0.795. The fraction of sp³-hybridized carbons (Fsp3) is 0.286. The van der Waals surface area contributed by atoms with Gasteiger partial charge in [-0.1, -0.05) is 47.6 Å². The maximum atomic E-state index is 13.0. The lowest BCUT2D eigenvalue weighted by Crippen LogP contribution is -2.36. The van der Waals surface area contributed by atoms with Crippen LogP contribution in [-0.2, 0) is 9.63 Å². The molecule has 2 aromatic rings. The number of hydrogen-bond acceptors (Lipinski definition) is 4. The number of nitrogens with zero attached hydrogens (tertiary/aromatic N) is 2. The first kappa shape index (κ1) is 18.6. The Balaban J connectivity index is 1.77. The molecule has 1 saturated heterocycles. The van der Waals surface area contributed by atoms with Crippen LogP contribution in [0.5, 0.6) is 0 Å². The normalized spacial score (nSPS) is 17.9. The molecule has 1 N–H and O–H groups in total. The van der Waals surface area contributed by atoms with E-state index in [0.717, 1.165) is 16.8 Å². The Morgan fingerprint density at radius 3 is 2.41 bits per heavy atom. The molecule has 1 aliphatic rings. The Labute approximate surface area is 158 Å². The number of rotatable bonds is 6. The highest BCUT2D eigenvalue weighted by atomic mass is 16.6. The van der Waals surface area contributed by atoms with E-state index in [4.69, 9.17) is 9.94 Å². The van der Waals surface area contributed by atoms with Crippen LogP contribution in [-0.4, -0.2) is 47.3 Å². The molecule has 3 rings (SSSR count). The number of aliphatic carboxylic acids is 1. The van der Waals surface area contributed by atoms with E-state index in [2.05, 4.69) is 5.16 Å². The average molecular weight is 366 g/mol. The van der Waals surface area contributed by atoms with Crippen LogP contribution in [0.4, 0.5) is 0 Å². The minimum absolute atomic E-state index is 0.0155. The minimum atomic E-state index is -0.869. The molecule has 140 valence electrons. The predicted octanol–water partition coefficient (Wildman–Crippen LogP) is 3.44. The Bertz CT molecular complexity index is 831. The zero-order chi connectivity index (χ0) is 19.2. The van der Waals surface area contributed by atoms with Gasteiger partial charge in [0.05, 0.1) is 12.3 Å². The van der Waals surface area contributed by atoms with Crippen molar-refractivity contribution in [2.45, 2.75) is 25.3 Å². The summed E-state index contributed by atoms with van der Waals surface area (Å²) in [7, 11) is 1.46. The number of carbonyl (C=O) groups excluding carboxylic acids is 1. The molecule has 0 aromatic heterocycles. The number of carboxylic acid groups (broad SMARTS) is 1. The molecule has 0 saturated carbocycles. The molecule has 0 spiro atoms. The molecule has 1 aliphatic heterocycles. The standard InChI is InChI=1S/C21H22N2O4/c1-27-22-18-13-19(11-12-20(24)25)23(14-18)21(26)17-9-7-16(8-10-17)15-5-3-2-4-6-15/h2-10,19H,11-14H2,1H3,(H,24,25). The summed E-state index contributed by atoms with van der Waals surface area (Å²) in [4.78, 5) is 30.4. The van der Waals surface area contributed by atoms with Crippen molar-refractivity contribution in [2.75, 3.05) is 13.7 Å². The zero-order valence-corrected chi connectivity index (χ0v) is 15.2. The molecule has 0 radical (unpaired) electrons. The largest absolute Gasteiger partial charge is 0.481 e. The Hall–Kier alpha value is -3.15. The van der Waals surface area contributed by atoms with E-state index in [1.54, 1.807) is 4.90 Å². The summed E-state index contributed by atoms with van der Waals surface area (Å²) in [6.45, 7) is 0.359. The lowest BCUT2D eigenvalue weighted by Gasteiger charge is -2.23. The van der Waals surface area contributed by atoms with Crippen LogP contribution in [0.2, 0.25) is 0 Å². The lowest BCUT2D eigenvalue weighted by atomic mass is 10.0. The molecule has 2 aromatic carbocycles. The highest BCUT2D eigenvalue weighted by Gasteiger charge is 2.33. The van der Waals surface area contributed by atoms with Gasteiger partial charge >= 0.3 is 5.97 Å². The molecule has 1 fully saturated rings. The summed E-state index contributed by atoms with van der Waals surface area (Å²) >= 11 is 0. The van der Waals surface area contributed by atoms with Gasteiger partial charge in [-0.15, -0.1) is 0 Å². The monoisotopic (exact) mass is 366 g/mol. The molecule has 1 unspecified atom stereocenters. The Morgan fingerprint density at radius 2 is 1.78 bits per heavy atom. The third-order valence-electron chi connectivity index (χ3n) is 4.68. The van der Waals surface area contributed by atoms with Crippen LogP contribution in [0.25, 0.3) is 11.1 Å². The van der Waals surface area contributed by atoms with Gasteiger partial charge in [-0.3, -0.25) is 9.59 Å². The van der Waals surface area contributed by atoms with E-state index in [1.165, 1.54) is 7.11 Å². The first-order chi connectivity index (χ1) is 13.1. The molecule has 1 amide bonds. The SMILES string of the molecule is CON=C1CC(CCC(=O)O)N(C(=O)c2ccc(-c3ccccc3)cc2)C1. The second-order valence-electron chi connectivity index (χ2n) is 6.51. The molecule has 1 atom stereocenters. The predicted molar refractivity (Wildman–Crippen MR) is 103 cm³/mol. The first-order valence-corrected chi connectivity index (χ1v) is 8.85. The van der Waals surface area contributed by atoms with Crippen LogP contribution in [0, 0.1) is 0 Å². The van der Waals surface area contributed by atoms with Crippen molar-refractivity contribution in [1.82, 2.24) is 4.90 Å². The fourth-order valence-corrected chi connectivity index (χ4v) is 3.35. The summed E-state index contributed by atoms with van der Waals surface area (Å²) in [5.74, 6) is -0.988. The average Bonchev–Trinajstić information content (AvgIpc) is 3.10. The Kier molecular flexibility index (Phi) is 5.86. The smallest absolute Gasteiger partial charge is 0.303 e. The minimum Gasteiger partial charge on any atom is -0.481 e. The molecule has 6 nitrogen and oxygen atoms in total. The molecular weight excluding hydrogens is 344 g/mol. The highest BCUT2D eigenvalue weighted by molar-refractivity contribution is 6.00. The van der Waals surface area contributed by atoms with Crippen molar-refractivity contribution < 1.29 is 19.5 Å². The van der Waals surface area contributed by atoms with Gasteiger partial charge in [0.25, 0.3) is 5.91 Å². The van der Waals surface area contributed by atoms with Crippen LogP contribution in [0.3, 0.4) is 0 Å². The maximum absolute atomic E-state index is 13.0. The van der Waals surface area contributed by atoms with E-state index in [9.17, 15) is 9.59 Å². The van der Waals surface area contributed by atoms with E-state index in [0.29, 0.717) is 24.9 Å². The van der Waals surface area contributed by atoms with Crippen molar-refractivity contribution >= 4 is 17.6 Å². The number of carboxylic acids is 1. The molecule has 6 heteroatoms. The third-order valence-corrected chi connectivity index (χ3v) is 4.68. The second kappa shape index (κ2) is 8.49. The summed E-state index contributed by atoms with van der Waals surface area (Å²) in [5.41, 5.74) is 3.46. The number of benzene rings is 2. The second-order valence-corrected chi connectivity index (χ2v) is 6.51. The number of likely N-dealkylation sites (tertiary alicyclic amines) is 1. The van der Waals surface area contributed by atoms with Crippen LogP contribution in [0.1, 0.15) is 29.6 Å². The molecule has 0 bridgehead atoms. The van der Waals surface area contributed by atoms with Crippen molar-refractivity contribution in [2.24, 2.45) is 5.16 Å². The fourth-order valence-electron chi connectivity index (χ4n) is 3.35. The van der Waals surface area contributed by atoms with Crippen molar-refractivity contribution in [1.29, 1.82) is 0 Å². The van der Waals surface area contributed by atoms with E-state index >= 15 is 0 Å².